The number of rotatable bonds is 2. The van der Waals surface area contributed by atoms with Gasteiger partial charge >= 0.3 is 78.2 Å². The molecule has 0 N–H and O–H groups in total. The molecule has 0 radical (unpaired) electrons. The van der Waals surface area contributed by atoms with Gasteiger partial charge < -0.3 is 0 Å². The molecule has 0 heterocycles. The third-order valence-corrected chi connectivity index (χ3v) is 10.7. The molecule has 1 aromatic carbocycles. The molecule has 1 aromatic rings. The summed E-state index contributed by atoms with van der Waals surface area (Å²) in [7, 11) is 0. The molecule has 0 aliphatic carbocycles. The molecule has 0 bridgehead atoms. The first kappa shape index (κ1) is 8.60. The van der Waals surface area contributed by atoms with Gasteiger partial charge in [0.05, 0.1) is 0 Å². The zero-order valence-electron chi connectivity index (χ0n) is 5.92. The second-order valence-corrected chi connectivity index (χ2v) is 12.0. The Morgan fingerprint density at radius 2 is 1.90 bits per heavy atom. The van der Waals surface area contributed by atoms with Crippen molar-refractivity contribution in [3.8, 4) is 0 Å². The van der Waals surface area contributed by atoms with Crippen molar-refractivity contribution in [3.63, 3.8) is 0 Å². The summed E-state index contributed by atoms with van der Waals surface area (Å²) in [5.74, 6) is 0. The van der Waals surface area contributed by atoms with Crippen LogP contribution in [0, 0.1) is 0 Å². The molecule has 54 valence electrons. The first-order valence-electron chi connectivity index (χ1n) is 3.33. The Labute approximate surface area is 77.8 Å². The van der Waals surface area contributed by atoms with E-state index in [-0.39, 0.29) is 0 Å². The Morgan fingerprint density at radius 3 is 2.40 bits per heavy atom. The third kappa shape index (κ3) is 2.28. The van der Waals surface area contributed by atoms with E-state index in [1.807, 2.05) is 0 Å². The Hall–Kier alpha value is 0.508. The van der Waals surface area contributed by atoms with Crippen molar-refractivity contribution in [1.29, 1.82) is 0 Å². The molecule has 1 rings (SSSR count). The number of halogens is 1. The molecule has 0 spiro atoms. The molecular weight excluding hydrogens is 298 g/mol. The van der Waals surface area contributed by atoms with Gasteiger partial charge in [-0.3, -0.25) is 0 Å². The number of hydrogen-bond acceptors (Lipinski definition) is 0. The van der Waals surface area contributed by atoms with Crippen LogP contribution < -0.4 is 4.35 Å². The predicted molar refractivity (Wildman–Crippen MR) is 56.3 cm³/mol. The first-order valence-corrected chi connectivity index (χ1v) is 11.3. The van der Waals surface area contributed by atoms with Crippen molar-refractivity contribution in [2.45, 2.75) is 12.1 Å². The van der Waals surface area contributed by atoms with Crippen LogP contribution in [0.1, 0.15) is 6.92 Å². The van der Waals surface area contributed by atoms with Crippen LogP contribution in [0.25, 0.3) is 0 Å². The van der Waals surface area contributed by atoms with E-state index in [4.69, 9.17) is 0 Å². The van der Waals surface area contributed by atoms with Gasteiger partial charge in [0, 0.05) is 0 Å². The summed E-state index contributed by atoms with van der Waals surface area (Å²) >= 11 is 1.99. The van der Waals surface area contributed by atoms with Crippen molar-refractivity contribution in [2.75, 3.05) is 0 Å². The Bertz CT molecular complexity index is 186. The first-order chi connectivity index (χ1) is 4.84. The van der Waals surface area contributed by atoms with E-state index in [9.17, 15) is 0 Å². The van der Waals surface area contributed by atoms with Gasteiger partial charge in [-0.2, -0.15) is 0 Å². The molecular formula is C8H10AsI. The SMILES string of the molecule is CC[As](I)c1ccccc1. The van der Waals surface area contributed by atoms with E-state index < -0.39 is 11.3 Å². The average molecular weight is 308 g/mol. The summed E-state index contributed by atoms with van der Waals surface area (Å²) < 4.78 is 1.58. The van der Waals surface area contributed by atoms with Gasteiger partial charge in [0.15, 0.2) is 0 Å². The van der Waals surface area contributed by atoms with E-state index >= 15 is 0 Å². The van der Waals surface area contributed by atoms with Crippen molar-refractivity contribution >= 4 is 35.8 Å². The molecule has 0 saturated heterocycles. The molecule has 0 saturated carbocycles. The second kappa shape index (κ2) is 4.40. The molecule has 2 heteroatoms. The van der Waals surface area contributed by atoms with E-state index in [0.29, 0.717) is 0 Å². The van der Waals surface area contributed by atoms with Crippen molar-refractivity contribution < 1.29 is 0 Å². The second-order valence-electron chi connectivity index (χ2n) is 2.01. The maximum atomic E-state index is 2.62. The molecule has 0 amide bonds. The van der Waals surface area contributed by atoms with Crippen LogP contribution in [-0.2, 0) is 0 Å². The zero-order chi connectivity index (χ0) is 7.40. The van der Waals surface area contributed by atoms with E-state index in [1.165, 1.54) is 5.21 Å². The monoisotopic (exact) mass is 308 g/mol. The summed E-state index contributed by atoms with van der Waals surface area (Å²) in [5.41, 5.74) is 0. The van der Waals surface area contributed by atoms with E-state index in [0.717, 1.165) is 0 Å². The molecule has 0 fully saturated rings. The van der Waals surface area contributed by atoms with E-state index in [2.05, 4.69) is 57.4 Å². The van der Waals surface area contributed by atoms with Gasteiger partial charge in [0.25, 0.3) is 0 Å². The van der Waals surface area contributed by atoms with Gasteiger partial charge in [0.1, 0.15) is 0 Å². The molecule has 0 aliphatic rings. The number of hydrogen-bond donors (Lipinski definition) is 0. The van der Waals surface area contributed by atoms with Gasteiger partial charge in [-0.05, 0) is 0 Å². The molecule has 10 heavy (non-hydrogen) atoms. The predicted octanol–water partition coefficient (Wildman–Crippen LogP) is 2.34. The van der Waals surface area contributed by atoms with Gasteiger partial charge in [-0.1, -0.05) is 0 Å². The van der Waals surface area contributed by atoms with Gasteiger partial charge in [-0.15, -0.1) is 0 Å². The molecule has 1 atom stereocenters. The summed E-state index contributed by atoms with van der Waals surface area (Å²) in [4.78, 5) is 0. The van der Waals surface area contributed by atoms with Crippen molar-refractivity contribution in [1.82, 2.24) is 0 Å². The van der Waals surface area contributed by atoms with Crippen LogP contribution in [0.15, 0.2) is 30.3 Å². The Morgan fingerprint density at radius 1 is 1.30 bits per heavy atom. The summed E-state index contributed by atoms with van der Waals surface area (Å²) in [6.07, 6.45) is 0. The molecule has 0 aromatic heterocycles. The minimum absolute atomic E-state index is 0.632. The normalized spacial score (nSPS) is 13.0. The van der Waals surface area contributed by atoms with Crippen LogP contribution in [0.4, 0.5) is 0 Å². The molecule has 1 unspecified atom stereocenters. The third-order valence-electron chi connectivity index (χ3n) is 1.31. The fraction of sp³-hybridized carbons (Fsp3) is 0.250. The fourth-order valence-corrected chi connectivity index (χ4v) is 4.25. The summed E-state index contributed by atoms with van der Waals surface area (Å²) in [6.45, 7) is 2.28. The Kier molecular flexibility index (Phi) is 3.79. The van der Waals surface area contributed by atoms with Crippen molar-refractivity contribution in [2.24, 2.45) is 0 Å². The zero-order valence-corrected chi connectivity index (χ0v) is 9.95. The molecule has 0 nitrogen and oxygen atoms in total. The minimum atomic E-state index is -0.632. The summed E-state index contributed by atoms with van der Waals surface area (Å²) in [6, 6.07) is 10.8. The maximum absolute atomic E-state index is 2.62. The Balaban J connectivity index is 2.75. The van der Waals surface area contributed by atoms with Crippen LogP contribution in [0.2, 0.25) is 5.21 Å². The van der Waals surface area contributed by atoms with Gasteiger partial charge in [0.2, 0.25) is 0 Å². The molecule has 0 aliphatic heterocycles. The van der Waals surface area contributed by atoms with Crippen LogP contribution in [0.5, 0.6) is 0 Å². The number of benzene rings is 1. The van der Waals surface area contributed by atoms with Crippen LogP contribution in [0.3, 0.4) is 0 Å². The fourth-order valence-electron chi connectivity index (χ4n) is 0.772. The van der Waals surface area contributed by atoms with Gasteiger partial charge in [-0.25, -0.2) is 0 Å². The topological polar surface area (TPSA) is 0 Å². The standard InChI is InChI=1S/C8H10AsI/c1-2-9(10)8-6-4-3-5-7-8/h3-7H,2H2,1H3. The van der Waals surface area contributed by atoms with Crippen LogP contribution in [-0.4, -0.2) is 11.3 Å². The van der Waals surface area contributed by atoms with Crippen LogP contribution >= 0.6 is 20.1 Å². The summed E-state index contributed by atoms with van der Waals surface area (Å²) in [5, 5.41) is 1.36. The average Bonchev–Trinajstić information content (AvgIpc) is 2.05. The van der Waals surface area contributed by atoms with Crippen molar-refractivity contribution in [3.05, 3.63) is 30.3 Å². The van der Waals surface area contributed by atoms with E-state index in [1.54, 1.807) is 4.35 Å². The quantitative estimate of drug-likeness (QED) is 0.581.